The summed E-state index contributed by atoms with van der Waals surface area (Å²) in [6, 6.07) is 13.9. The third kappa shape index (κ3) is 4.94. The zero-order valence-electron chi connectivity index (χ0n) is 17.9. The van der Waals surface area contributed by atoms with E-state index >= 15 is 0 Å². The average Bonchev–Trinajstić information content (AvgIpc) is 2.78. The van der Waals surface area contributed by atoms with E-state index in [-0.39, 0.29) is 33.0 Å². The topological polar surface area (TPSA) is 99.4 Å². The molecule has 0 spiro atoms. The third-order valence-corrected chi connectivity index (χ3v) is 6.21. The van der Waals surface area contributed by atoms with Crippen LogP contribution in [-0.4, -0.2) is 25.6 Å². The zero-order valence-corrected chi connectivity index (χ0v) is 18.7. The van der Waals surface area contributed by atoms with Crippen LogP contribution in [-0.2, 0) is 16.0 Å². The van der Waals surface area contributed by atoms with Crippen LogP contribution in [0.5, 0.6) is 11.5 Å². The normalized spacial score (nSPS) is 12.0. The smallest absolute Gasteiger partial charge is 0.418 e. The van der Waals surface area contributed by atoms with Crippen molar-refractivity contribution in [3.8, 4) is 22.6 Å². The van der Waals surface area contributed by atoms with Crippen LogP contribution in [0.2, 0.25) is 0 Å². The molecule has 0 aliphatic carbocycles. The molecule has 4 aromatic rings. The Morgan fingerprint density at radius 1 is 1.00 bits per heavy atom. The Hall–Kier alpha value is -3.99. The van der Waals surface area contributed by atoms with Crippen LogP contribution < -0.4 is 10.5 Å². The number of amides is 1. The fraction of sp³-hybridized carbons (Fsp3) is 0.0833. The Kier molecular flexibility index (Phi) is 5.97. The molecule has 1 amide bonds. The number of ether oxygens (including phenoxy) is 1. The highest BCUT2D eigenvalue weighted by Crippen LogP contribution is 2.38. The van der Waals surface area contributed by atoms with E-state index in [1.54, 1.807) is 6.07 Å². The molecule has 0 aliphatic heterocycles. The van der Waals surface area contributed by atoms with Crippen molar-refractivity contribution in [2.24, 2.45) is 5.73 Å². The number of halogens is 4. The molecule has 0 aliphatic rings. The van der Waals surface area contributed by atoms with Crippen molar-refractivity contribution in [3.63, 3.8) is 0 Å². The molecule has 0 saturated carbocycles. The number of para-hydroxylation sites is 1. The molecule has 1 heterocycles. The number of hydrogen-bond donors (Lipinski definition) is 1. The van der Waals surface area contributed by atoms with Crippen LogP contribution in [0.25, 0.3) is 22.0 Å². The van der Waals surface area contributed by atoms with Gasteiger partial charge in [0.25, 0.3) is 5.91 Å². The largest absolute Gasteiger partial charge is 0.454 e. The van der Waals surface area contributed by atoms with Gasteiger partial charge < -0.3 is 10.5 Å². The van der Waals surface area contributed by atoms with E-state index in [0.717, 1.165) is 24.5 Å². The van der Waals surface area contributed by atoms with Crippen molar-refractivity contribution in [1.82, 2.24) is 4.98 Å². The summed E-state index contributed by atoms with van der Waals surface area (Å²) in [5.74, 6) is -2.07. The molecule has 4 rings (SSSR count). The Bertz CT molecular complexity index is 1580. The van der Waals surface area contributed by atoms with Gasteiger partial charge in [-0.3, -0.25) is 4.79 Å². The fourth-order valence-corrected chi connectivity index (χ4v) is 4.12. The highest BCUT2D eigenvalue weighted by molar-refractivity contribution is 7.90. The number of fused-ring (bicyclic) bond motifs is 1. The first-order valence-corrected chi connectivity index (χ1v) is 11.8. The lowest BCUT2D eigenvalue weighted by Crippen LogP contribution is -2.15. The van der Waals surface area contributed by atoms with Gasteiger partial charge in [-0.2, -0.15) is 13.2 Å². The number of benzene rings is 3. The summed E-state index contributed by atoms with van der Waals surface area (Å²) < 4.78 is 84.0. The summed E-state index contributed by atoms with van der Waals surface area (Å²) in [4.78, 5) is 15.4. The number of sulfone groups is 1. The van der Waals surface area contributed by atoms with Gasteiger partial charge in [-0.1, -0.05) is 24.3 Å². The molecule has 1 aromatic heterocycles. The Balaban J connectivity index is 1.83. The van der Waals surface area contributed by atoms with Crippen molar-refractivity contribution in [2.75, 3.05) is 6.26 Å². The molecule has 2 N–H and O–H groups in total. The SMILES string of the molecule is CS(=O)(=O)c1ccc(Oc2cccc(-c3cc(C(N)=O)nc4c(C(F)(F)F)cccc34)c2)c(F)c1. The second kappa shape index (κ2) is 8.66. The number of hydrogen-bond acceptors (Lipinski definition) is 5. The lowest BCUT2D eigenvalue weighted by Gasteiger charge is -2.14. The van der Waals surface area contributed by atoms with E-state index < -0.39 is 38.8 Å². The van der Waals surface area contributed by atoms with Crippen molar-refractivity contribution >= 4 is 26.6 Å². The molecule has 35 heavy (non-hydrogen) atoms. The standard InChI is InChI=1S/C24H16F4N2O4S/c1-35(32,33)15-8-9-21(19(25)11-15)34-14-5-2-4-13(10-14)17-12-20(23(29)31)30-22-16(17)6-3-7-18(22)24(26,27)28/h2-12H,1H3,(H2,29,31). The summed E-state index contributed by atoms with van der Waals surface area (Å²) in [6.45, 7) is 0. The zero-order chi connectivity index (χ0) is 25.5. The molecule has 11 heteroatoms. The first kappa shape index (κ1) is 24.1. The number of rotatable bonds is 5. The van der Waals surface area contributed by atoms with Gasteiger partial charge in [-0.15, -0.1) is 0 Å². The van der Waals surface area contributed by atoms with Crippen molar-refractivity contribution in [1.29, 1.82) is 0 Å². The van der Waals surface area contributed by atoms with Gasteiger partial charge in [0.2, 0.25) is 0 Å². The summed E-state index contributed by atoms with van der Waals surface area (Å²) in [6.07, 6.45) is -3.78. The third-order valence-electron chi connectivity index (χ3n) is 5.10. The first-order valence-electron chi connectivity index (χ1n) is 9.93. The quantitative estimate of drug-likeness (QED) is 0.369. The molecule has 0 atom stereocenters. The minimum Gasteiger partial charge on any atom is -0.454 e. The Morgan fingerprint density at radius 2 is 1.71 bits per heavy atom. The monoisotopic (exact) mass is 504 g/mol. The van der Waals surface area contributed by atoms with E-state index in [1.807, 2.05) is 0 Å². The van der Waals surface area contributed by atoms with Crippen molar-refractivity contribution < 1.29 is 35.5 Å². The van der Waals surface area contributed by atoms with Gasteiger partial charge in [0.05, 0.1) is 16.0 Å². The van der Waals surface area contributed by atoms with Crippen molar-refractivity contribution in [3.05, 3.63) is 83.8 Å². The molecule has 0 bridgehead atoms. The Labute approximate surface area is 196 Å². The number of aromatic nitrogens is 1. The minimum absolute atomic E-state index is 0.116. The number of primary amides is 1. The lowest BCUT2D eigenvalue weighted by atomic mass is 9.97. The Morgan fingerprint density at radius 3 is 2.34 bits per heavy atom. The maximum absolute atomic E-state index is 14.4. The van der Waals surface area contributed by atoms with Crippen molar-refractivity contribution in [2.45, 2.75) is 11.1 Å². The van der Waals surface area contributed by atoms with E-state index in [0.29, 0.717) is 5.56 Å². The van der Waals surface area contributed by atoms with Gasteiger partial charge in [0.15, 0.2) is 21.4 Å². The molecule has 180 valence electrons. The second-order valence-electron chi connectivity index (χ2n) is 7.61. The average molecular weight is 504 g/mol. The van der Waals surface area contributed by atoms with Crippen LogP contribution in [0.15, 0.2) is 71.6 Å². The van der Waals surface area contributed by atoms with Gasteiger partial charge in [-0.05, 0) is 53.6 Å². The van der Waals surface area contributed by atoms with Crippen LogP contribution in [0.4, 0.5) is 17.6 Å². The molecule has 0 fully saturated rings. The van der Waals surface area contributed by atoms with Gasteiger partial charge in [0.1, 0.15) is 11.4 Å². The summed E-state index contributed by atoms with van der Waals surface area (Å²) in [5, 5.41) is 0.116. The summed E-state index contributed by atoms with van der Waals surface area (Å²) in [5.41, 5.74) is 4.06. The summed E-state index contributed by atoms with van der Waals surface area (Å²) >= 11 is 0. The molecule has 0 unspecified atom stereocenters. The van der Waals surface area contributed by atoms with Gasteiger partial charge in [0, 0.05) is 11.6 Å². The molecular weight excluding hydrogens is 488 g/mol. The number of pyridine rings is 1. The predicted octanol–water partition coefficient (Wildman–Crippen LogP) is 5.35. The maximum Gasteiger partial charge on any atom is 0.418 e. The highest BCUT2D eigenvalue weighted by Gasteiger charge is 2.34. The first-order chi connectivity index (χ1) is 16.3. The molecule has 0 saturated heterocycles. The lowest BCUT2D eigenvalue weighted by molar-refractivity contribution is -0.136. The van der Waals surface area contributed by atoms with E-state index in [2.05, 4.69) is 4.98 Å². The molecule has 0 radical (unpaired) electrons. The van der Waals surface area contributed by atoms with Crippen LogP contribution in [0.1, 0.15) is 16.1 Å². The number of nitrogens with zero attached hydrogens (tertiary/aromatic N) is 1. The highest BCUT2D eigenvalue weighted by atomic mass is 32.2. The predicted molar refractivity (Wildman–Crippen MR) is 120 cm³/mol. The second-order valence-corrected chi connectivity index (χ2v) is 9.63. The maximum atomic E-state index is 14.4. The van der Waals surface area contributed by atoms with E-state index in [9.17, 15) is 30.8 Å². The van der Waals surface area contributed by atoms with Gasteiger partial charge in [-0.25, -0.2) is 17.8 Å². The van der Waals surface area contributed by atoms with E-state index in [4.69, 9.17) is 10.5 Å². The molecule has 3 aromatic carbocycles. The number of carbonyl (C=O) groups excluding carboxylic acids is 1. The van der Waals surface area contributed by atoms with Crippen LogP contribution in [0, 0.1) is 5.82 Å². The van der Waals surface area contributed by atoms with Crippen LogP contribution >= 0.6 is 0 Å². The molecule has 6 nitrogen and oxygen atoms in total. The number of nitrogens with two attached hydrogens (primary N) is 1. The number of carbonyl (C=O) groups is 1. The fourth-order valence-electron chi connectivity index (χ4n) is 3.49. The van der Waals surface area contributed by atoms with Gasteiger partial charge >= 0.3 is 6.18 Å². The summed E-state index contributed by atoms with van der Waals surface area (Å²) in [7, 11) is -3.62. The van der Waals surface area contributed by atoms with E-state index in [1.165, 1.54) is 42.5 Å². The minimum atomic E-state index is -4.72. The number of alkyl halides is 3. The van der Waals surface area contributed by atoms with Crippen LogP contribution in [0.3, 0.4) is 0 Å². The molecular formula is C24H16F4N2O4S.